The largest absolute Gasteiger partial charge is 0.493 e. The van der Waals surface area contributed by atoms with Crippen molar-refractivity contribution < 1.29 is 14.3 Å². The fourth-order valence-electron chi connectivity index (χ4n) is 2.91. The summed E-state index contributed by atoms with van der Waals surface area (Å²) in [6.07, 6.45) is 0.514. The van der Waals surface area contributed by atoms with Gasteiger partial charge in [0, 0.05) is 29.4 Å². The zero-order chi connectivity index (χ0) is 21.5. The minimum atomic E-state index is -0.221. The van der Waals surface area contributed by atoms with Crippen LogP contribution < -0.4 is 20.3 Å². The Morgan fingerprint density at radius 3 is 2.50 bits per heavy atom. The third kappa shape index (κ3) is 5.42. The van der Waals surface area contributed by atoms with E-state index >= 15 is 0 Å². The van der Waals surface area contributed by atoms with Crippen molar-refractivity contribution in [1.82, 2.24) is 9.97 Å². The Morgan fingerprint density at radius 2 is 1.83 bits per heavy atom. The van der Waals surface area contributed by atoms with Crippen LogP contribution in [0.25, 0.3) is 0 Å². The van der Waals surface area contributed by atoms with E-state index in [4.69, 9.17) is 9.47 Å². The molecular formula is C22H23N3O4S. The number of aromatic amines is 1. The third-order valence-corrected chi connectivity index (χ3v) is 5.30. The lowest BCUT2D eigenvalue weighted by Crippen LogP contribution is -2.19. The fourth-order valence-corrected chi connectivity index (χ4v) is 3.61. The zero-order valence-electron chi connectivity index (χ0n) is 17.0. The van der Waals surface area contributed by atoms with Crippen LogP contribution in [-0.2, 0) is 11.2 Å². The van der Waals surface area contributed by atoms with Gasteiger partial charge in [0.25, 0.3) is 5.56 Å². The fraction of sp³-hybridized carbons (Fsp3) is 0.227. The van der Waals surface area contributed by atoms with Gasteiger partial charge in [-0.2, -0.15) is 0 Å². The molecule has 2 aromatic carbocycles. The van der Waals surface area contributed by atoms with E-state index in [0.717, 1.165) is 5.56 Å². The van der Waals surface area contributed by atoms with Crippen LogP contribution in [-0.4, -0.2) is 35.8 Å². The normalized spacial score (nSPS) is 10.5. The quantitative estimate of drug-likeness (QED) is 0.424. The van der Waals surface area contributed by atoms with Gasteiger partial charge in [0.2, 0.25) is 5.91 Å². The Balaban J connectivity index is 1.63. The molecule has 0 aliphatic heterocycles. The predicted octanol–water partition coefficient (Wildman–Crippen LogP) is 3.42. The van der Waals surface area contributed by atoms with Gasteiger partial charge in [-0.15, -0.1) is 0 Å². The highest BCUT2D eigenvalue weighted by Crippen LogP contribution is 2.29. The Morgan fingerprint density at radius 1 is 1.10 bits per heavy atom. The number of hydrogen-bond acceptors (Lipinski definition) is 6. The standard InChI is InChI=1S/C22H23N3O4S/c1-14-17(11-15-7-5-4-6-8-15)21(27)25-22(23-14)30-13-20(26)24-16-9-10-18(28-2)19(12-16)29-3/h4-10,12H,11,13H2,1-3H3,(H,24,26)(H,23,25,27). The van der Waals surface area contributed by atoms with Crippen molar-refractivity contribution in [3.05, 3.63) is 75.7 Å². The van der Waals surface area contributed by atoms with E-state index in [1.807, 2.05) is 30.3 Å². The number of carbonyl (C=O) groups is 1. The molecule has 156 valence electrons. The van der Waals surface area contributed by atoms with Crippen LogP contribution in [0, 0.1) is 6.92 Å². The SMILES string of the molecule is COc1ccc(NC(=O)CSc2nc(C)c(Cc3ccccc3)c(=O)[nH]2)cc1OC. The van der Waals surface area contributed by atoms with Gasteiger partial charge in [-0.25, -0.2) is 4.98 Å². The molecule has 0 unspecified atom stereocenters. The summed E-state index contributed by atoms with van der Waals surface area (Å²) in [5.74, 6) is 0.992. The summed E-state index contributed by atoms with van der Waals surface area (Å²) in [6.45, 7) is 1.81. The molecule has 1 heterocycles. The number of hydrogen-bond donors (Lipinski definition) is 2. The second kappa shape index (κ2) is 9.98. The van der Waals surface area contributed by atoms with E-state index in [1.165, 1.54) is 18.9 Å². The number of aromatic nitrogens is 2. The number of ether oxygens (including phenoxy) is 2. The lowest BCUT2D eigenvalue weighted by atomic mass is 10.1. The summed E-state index contributed by atoms with van der Waals surface area (Å²) >= 11 is 1.17. The summed E-state index contributed by atoms with van der Waals surface area (Å²) in [7, 11) is 3.08. The van der Waals surface area contributed by atoms with Gasteiger partial charge in [-0.05, 0) is 24.6 Å². The second-order valence-electron chi connectivity index (χ2n) is 6.50. The molecule has 7 nitrogen and oxygen atoms in total. The molecular weight excluding hydrogens is 402 g/mol. The van der Waals surface area contributed by atoms with E-state index in [0.29, 0.717) is 40.0 Å². The molecule has 30 heavy (non-hydrogen) atoms. The van der Waals surface area contributed by atoms with E-state index in [2.05, 4.69) is 15.3 Å². The molecule has 0 fully saturated rings. The van der Waals surface area contributed by atoms with E-state index in [1.54, 1.807) is 32.2 Å². The molecule has 0 bridgehead atoms. The van der Waals surface area contributed by atoms with Crippen molar-refractivity contribution in [2.24, 2.45) is 0 Å². The monoisotopic (exact) mass is 425 g/mol. The third-order valence-electron chi connectivity index (χ3n) is 4.43. The smallest absolute Gasteiger partial charge is 0.255 e. The number of methoxy groups -OCH3 is 2. The number of rotatable bonds is 8. The molecule has 0 aliphatic carbocycles. The minimum absolute atomic E-state index is 0.106. The summed E-state index contributed by atoms with van der Waals surface area (Å²) in [5, 5.41) is 3.21. The lowest BCUT2D eigenvalue weighted by Gasteiger charge is -2.11. The summed E-state index contributed by atoms with van der Waals surface area (Å²) in [6, 6.07) is 14.9. The van der Waals surface area contributed by atoms with Gasteiger partial charge in [-0.1, -0.05) is 42.1 Å². The van der Waals surface area contributed by atoms with E-state index < -0.39 is 0 Å². The number of H-pyrrole nitrogens is 1. The van der Waals surface area contributed by atoms with E-state index in [-0.39, 0.29) is 17.2 Å². The lowest BCUT2D eigenvalue weighted by molar-refractivity contribution is -0.113. The first-order valence-corrected chi connectivity index (χ1v) is 10.3. The van der Waals surface area contributed by atoms with Crippen LogP contribution in [0.3, 0.4) is 0 Å². The first-order valence-electron chi connectivity index (χ1n) is 9.28. The van der Waals surface area contributed by atoms with Crippen molar-refractivity contribution in [2.75, 3.05) is 25.3 Å². The van der Waals surface area contributed by atoms with Crippen LogP contribution in [0.15, 0.2) is 58.5 Å². The average molecular weight is 426 g/mol. The molecule has 0 spiro atoms. The van der Waals surface area contributed by atoms with Crippen LogP contribution in [0.1, 0.15) is 16.8 Å². The summed E-state index contributed by atoms with van der Waals surface area (Å²) < 4.78 is 10.4. The Bertz CT molecular complexity index is 1080. The number of nitrogens with one attached hydrogen (secondary N) is 2. The Labute approximate surface area is 178 Å². The topological polar surface area (TPSA) is 93.3 Å². The molecule has 0 saturated heterocycles. The number of aryl methyl sites for hydroxylation is 1. The molecule has 0 radical (unpaired) electrons. The van der Waals surface area contributed by atoms with Crippen LogP contribution in [0.2, 0.25) is 0 Å². The number of nitrogens with zero attached hydrogens (tertiary/aromatic N) is 1. The summed E-state index contributed by atoms with van der Waals surface area (Å²) in [5.41, 5.74) is 2.73. The van der Waals surface area contributed by atoms with E-state index in [9.17, 15) is 9.59 Å². The molecule has 0 aliphatic rings. The van der Waals surface area contributed by atoms with Crippen molar-refractivity contribution in [2.45, 2.75) is 18.5 Å². The van der Waals surface area contributed by atoms with Crippen molar-refractivity contribution >= 4 is 23.4 Å². The van der Waals surface area contributed by atoms with Crippen LogP contribution >= 0.6 is 11.8 Å². The summed E-state index contributed by atoms with van der Waals surface area (Å²) in [4.78, 5) is 32.0. The highest BCUT2D eigenvalue weighted by atomic mass is 32.2. The number of carbonyl (C=O) groups excluding carboxylic acids is 1. The molecule has 8 heteroatoms. The van der Waals surface area contributed by atoms with Crippen molar-refractivity contribution in [1.29, 1.82) is 0 Å². The highest BCUT2D eigenvalue weighted by Gasteiger charge is 2.12. The number of thioether (sulfide) groups is 1. The van der Waals surface area contributed by atoms with Crippen molar-refractivity contribution in [3.63, 3.8) is 0 Å². The molecule has 1 amide bonds. The first-order chi connectivity index (χ1) is 14.5. The first kappa shape index (κ1) is 21.4. The van der Waals surface area contributed by atoms with Crippen LogP contribution in [0.5, 0.6) is 11.5 Å². The molecule has 0 saturated carbocycles. The molecule has 1 aromatic heterocycles. The van der Waals surface area contributed by atoms with Gasteiger partial charge in [0.15, 0.2) is 16.7 Å². The Hall–Kier alpha value is -3.26. The van der Waals surface area contributed by atoms with Gasteiger partial charge in [-0.3, -0.25) is 9.59 Å². The number of anilines is 1. The molecule has 2 N–H and O–H groups in total. The maximum atomic E-state index is 12.5. The highest BCUT2D eigenvalue weighted by molar-refractivity contribution is 7.99. The second-order valence-corrected chi connectivity index (χ2v) is 7.47. The minimum Gasteiger partial charge on any atom is -0.493 e. The van der Waals surface area contributed by atoms with Gasteiger partial charge in [0.1, 0.15) is 0 Å². The maximum Gasteiger partial charge on any atom is 0.255 e. The molecule has 3 rings (SSSR count). The van der Waals surface area contributed by atoms with Gasteiger partial charge < -0.3 is 19.8 Å². The maximum absolute atomic E-state index is 12.5. The molecule has 0 atom stereocenters. The Kier molecular flexibility index (Phi) is 7.13. The zero-order valence-corrected chi connectivity index (χ0v) is 17.8. The van der Waals surface area contributed by atoms with Gasteiger partial charge in [0.05, 0.1) is 20.0 Å². The average Bonchev–Trinajstić information content (AvgIpc) is 2.75. The van der Waals surface area contributed by atoms with Crippen LogP contribution in [0.4, 0.5) is 5.69 Å². The van der Waals surface area contributed by atoms with Crippen molar-refractivity contribution in [3.8, 4) is 11.5 Å². The number of benzene rings is 2. The van der Waals surface area contributed by atoms with Gasteiger partial charge >= 0.3 is 0 Å². The number of amides is 1. The predicted molar refractivity (Wildman–Crippen MR) is 118 cm³/mol. The molecule has 3 aromatic rings.